The summed E-state index contributed by atoms with van der Waals surface area (Å²) in [6.45, 7) is 4.61. The van der Waals surface area contributed by atoms with Gasteiger partial charge in [-0.05, 0) is 32.0 Å². The molecule has 0 aliphatic carbocycles. The Morgan fingerprint density at radius 1 is 1.29 bits per heavy atom. The van der Waals surface area contributed by atoms with Crippen molar-refractivity contribution in [2.24, 2.45) is 0 Å². The number of rotatable bonds is 1. The van der Waals surface area contributed by atoms with Crippen molar-refractivity contribution in [2.75, 3.05) is 16.4 Å². The van der Waals surface area contributed by atoms with E-state index in [2.05, 4.69) is 58.7 Å². The van der Waals surface area contributed by atoms with Gasteiger partial charge in [0.25, 0.3) is 0 Å². The molecule has 0 amide bonds. The van der Waals surface area contributed by atoms with Gasteiger partial charge in [0, 0.05) is 29.3 Å². The van der Waals surface area contributed by atoms with Crippen LogP contribution in [0.1, 0.15) is 13.8 Å². The molecule has 90 valence electrons. The standard InChI is InChI=1S/C13H17N3S/c1-9-6-17-7-10(2)16(9)11-3-4-12-13(5-11)15-8-14-12/h3-5,8-10H,6-7H2,1-2H3,(H,14,15). The van der Waals surface area contributed by atoms with Crippen LogP contribution in [-0.4, -0.2) is 33.6 Å². The highest BCUT2D eigenvalue weighted by Crippen LogP contribution is 2.29. The SMILES string of the molecule is CC1CSCC(C)N1c1ccc2nc[nH]c2c1. The molecule has 1 aromatic carbocycles. The molecule has 1 fully saturated rings. The fourth-order valence-corrected chi connectivity index (χ4v) is 3.74. The number of anilines is 1. The highest BCUT2D eigenvalue weighted by Gasteiger charge is 2.25. The van der Waals surface area contributed by atoms with Gasteiger partial charge in [0.1, 0.15) is 0 Å². The summed E-state index contributed by atoms with van der Waals surface area (Å²) in [5, 5.41) is 0. The van der Waals surface area contributed by atoms with Crippen LogP contribution < -0.4 is 4.90 Å². The Kier molecular flexibility index (Phi) is 2.74. The van der Waals surface area contributed by atoms with Gasteiger partial charge in [0.2, 0.25) is 0 Å². The van der Waals surface area contributed by atoms with Crippen molar-refractivity contribution in [1.29, 1.82) is 0 Å². The molecular formula is C13H17N3S. The first-order valence-corrected chi connectivity index (χ1v) is 7.20. The first-order valence-electron chi connectivity index (χ1n) is 6.05. The van der Waals surface area contributed by atoms with E-state index in [9.17, 15) is 0 Å². The van der Waals surface area contributed by atoms with Crippen LogP contribution in [0.4, 0.5) is 5.69 Å². The van der Waals surface area contributed by atoms with Crippen molar-refractivity contribution in [3.8, 4) is 0 Å². The third-order valence-corrected chi connectivity index (χ3v) is 4.81. The van der Waals surface area contributed by atoms with E-state index >= 15 is 0 Å². The fraction of sp³-hybridized carbons (Fsp3) is 0.462. The number of thioether (sulfide) groups is 1. The Balaban J connectivity index is 2.00. The van der Waals surface area contributed by atoms with Crippen molar-refractivity contribution in [1.82, 2.24) is 9.97 Å². The second-order valence-corrected chi connectivity index (χ2v) is 5.82. The van der Waals surface area contributed by atoms with Crippen molar-refractivity contribution in [3.05, 3.63) is 24.5 Å². The van der Waals surface area contributed by atoms with Crippen molar-refractivity contribution < 1.29 is 0 Å². The molecule has 3 nitrogen and oxygen atoms in total. The summed E-state index contributed by atoms with van der Waals surface area (Å²) in [7, 11) is 0. The zero-order chi connectivity index (χ0) is 11.8. The number of aromatic amines is 1. The number of imidazole rings is 1. The Morgan fingerprint density at radius 2 is 2.06 bits per heavy atom. The van der Waals surface area contributed by atoms with Crippen LogP contribution in [0.25, 0.3) is 11.0 Å². The van der Waals surface area contributed by atoms with Gasteiger partial charge in [-0.1, -0.05) is 0 Å². The van der Waals surface area contributed by atoms with Gasteiger partial charge >= 0.3 is 0 Å². The maximum atomic E-state index is 4.26. The summed E-state index contributed by atoms with van der Waals surface area (Å²) in [6.07, 6.45) is 1.76. The molecule has 1 saturated heterocycles. The first kappa shape index (κ1) is 11.0. The molecule has 3 rings (SSSR count). The molecule has 0 radical (unpaired) electrons. The molecule has 2 heterocycles. The van der Waals surface area contributed by atoms with E-state index in [0.717, 1.165) is 11.0 Å². The van der Waals surface area contributed by atoms with Gasteiger partial charge in [-0.25, -0.2) is 4.98 Å². The number of fused-ring (bicyclic) bond motifs is 1. The predicted molar refractivity (Wildman–Crippen MR) is 74.8 cm³/mol. The van der Waals surface area contributed by atoms with Crippen molar-refractivity contribution >= 4 is 28.5 Å². The van der Waals surface area contributed by atoms with Crippen LogP contribution in [0, 0.1) is 0 Å². The largest absolute Gasteiger partial charge is 0.364 e. The van der Waals surface area contributed by atoms with Crippen LogP contribution >= 0.6 is 11.8 Å². The van der Waals surface area contributed by atoms with E-state index in [1.165, 1.54) is 17.2 Å². The first-order chi connectivity index (χ1) is 8.25. The van der Waals surface area contributed by atoms with Gasteiger partial charge in [-0.3, -0.25) is 0 Å². The molecule has 17 heavy (non-hydrogen) atoms. The van der Waals surface area contributed by atoms with Gasteiger partial charge < -0.3 is 9.88 Å². The average Bonchev–Trinajstić information content (AvgIpc) is 2.76. The Bertz CT molecular complexity index is 512. The van der Waals surface area contributed by atoms with Crippen molar-refractivity contribution in [3.63, 3.8) is 0 Å². The normalized spacial score (nSPS) is 25.4. The lowest BCUT2D eigenvalue weighted by Gasteiger charge is -2.40. The molecule has 0 saturated carbocycles. The van der Waals surface area contributed by atoms with Crippen LogP contribution in [0.15, 0.2) is 24.5 Å². The molecule has 4 heteroatoms. The monoisotopic (exact) mass is 247 g/mol. The van der Waals surface area contributed by atoms with E-state index in [1.807, 2.05) is 0 Å². The third-order valence-electron chi connectivity index (χ3n) is 3.37. The number of aromatic nitrogens is 2. The number of hydrogen-bond donors (Lipinski definition) is 1. The van der Waals surface area contributed by atoms with Gasteiger partial charge in [0.05, 0.1) is 17.4 Å². The fourth-order valence-electron chi connectivity index (χ4n) is 2.60. The highest BCUT2D eigenvalue weighted by molar-refractivity contribution is 7.99. The maximum Gasteiger partial charge on any atom is 0.0931 e. The van der Waals surface area contributed by atoms with E-state index in [1.54, 1.807) is 6.33 Å². The number of benzene rings is 1. The molecule has 1 aromatic heterocycles. The van der Waals surface area contributed by atoms with Crippen LogP contribution in [0.5, 0.6) is 0 Å². The van der Waals surface area contributed by atoms with Crippen LogP contribution in [0.3, 0.4) is 0 Å². The second kappa shape index (κ2) is 4.26. The summed E-state index contributed by atoms with van der Waals surface area (Å²) in [6, 6.07) is 7.70. The lowest BCUT2D eigenvalue weighted by Crippen LogP contribution is -2.46. The molecular weight excluding hydrogens is 230 g/mol. The van der Waals surface area contributed by atoms with Crippen LogP contribution in [0.2, 0.25) is 0 Å². The Hall–Kier alpha value is -1.16. The van der Waals surface area contributed by atoms with E-state index in [0.29, 0.717) is 12.1 Å². The minimum atomic E-state index is 0.601. The Labute approximate surface area is 106 Å². The van der Waals surface area contributed by atoms with E-state index < -0.39 is 0 Å². The molecule has 1 N–H and O–H groups in total. The molecule has 2 unspecified atom stereocenters. The number of H-pyrrole nitrogens is 1. The summed E-state index contributed by atoms with van der Waals surface area (Å²) >= 11 is 2.05. The smallest absolute Gasteiger partial charge is 0.0931 e. The lowest BCUT2D eigenvalue weighted by atomic mass is 10.1. The van der Waals surface area contributed by atoms with E-state index in [-0.39, 0.29) is 0 Å². The highest BCUT2D eigenvalue weighted by atomic mass is 32.2. The number of nitrogens with one attached hydrogen (secondary N) is 1. The quantitative estimate of drug-likeness (QED) is 0.841. The minimum absolute atomic E-state index is 0.601. The summed E-state index contributed by atoms with van der Waals surface area (Å²) < 4.78 is 0. The number of nitrogens with zero attached hydrogens (tertiary/aromatic N) is 2. The molecule has 2 aromatic rings. The predicted octanol–water partition coefficient (Wildman–Crippen LogP) is 2.89. The summed E-state index contributed by atoms with van der Waals surface area (Å²) in [5.74, 6) is 2.43. The molecule has 0 spiro atoms. The molecule has 2 atom stereocenters. The van der Waals surface area contributed by atoms with Crippen molar-refractivity contribution in [2.45, 2.75) is 25.9 Å². The molecule has 1 aliphatic heterocycles. The molecule has 0 bridgehead atoms. The topological polar surface area (TPSA) is 31.9 Å². The maximum absolute atomic E-state index is 4.26. The van der Waals surface area contributed by atoms with E-state index in [4.69, 9.17) is 0 Å². The third kappa shape index (κ3) is 1.90. The second-order valence-electron chi connectivity index (χ2n) is 4.75. The van der Waals surface area contributed by atoms with Crippen LogP contribution in [-0.2, 0) is 0 Å². The van der Waals surface area contributed by atoms with Gasteiger partial charge in [-0.2, -0.15) is 11.8 Å². The summed E-state index contributed by atoms with van der Waals surface area (Å²) in [5.41, 5.74) is 3.47. The minimum Gasteiger partial charge on any atom is -0.364 e. The Morgan fingerprint density at radius 3 is 2.82 bits per heavy atom. The zero-order valence-electron chi connectivity index (χ0n) is 10.2. The lowest BCUT2D eigenvalue weighted by molar-refractivity contribution is 0.604. The van der Waals surface area contributed by atoms with Gasteiger partial charge in [0.15, 0.2) is 0 Å². The van der Waals surface area contributed by atoms with Gasteiger partial charge in [-0.15, -0.1) is 0 Å². The summed E-state index contributed by atoms with van der Waals surface area (Å²) in [4.78, 5) is 9.98. The zero-order valence-corrected chi connectivity index (χ0v) is 11.0. The number of hydrogen-bond acceptors (Lipinski definition) is 3. The molecule has 1 aliphatic rings. The average molecular weight is 247 g/mol.